The van der Waals surface area contributed by atoms with E-state index < -0.39 is 5.60 Å². The molecule has 0 saturated carbocycles. The summed E-state index contributed by atoms with van der Waals surface area (Å²) < 4.78 is 0. The predicted octanol–water partition coefficient (Wildman–Crippen LogP) is 2.42. The van der Waals surface area contributed by atoms with Crippen molar-refractivity contribution in [1.82, 2.24) is 10.2 Å². The van der Waals surface area contributed by atoms with Crippen molar-refractivity contribution in [3.8, 4) is 0 Å². The van der Waals surface area contributed by atoms with E-state index in [4.69, 9.17) is 0 Å². The van der Waals surface area contributed by atoms with Crippen molar-refractivity contribution in [3.63, 3.8) is 0 Å². The predicted molar refractivity (Wildman–Crippen MR) is 84.1 cm³/mol. The first-order chi connectivity index (χ1) is 9.82. The molecule has 21 heavy (non-hydrogen) atoms. The lowest BCUT2D eigenvalue weighted by atomic mass is 9.71. The summed E-state index contributed by atoms with van der Waals surface area (Å²) in [5, 5.41) is 13.3. The van der Waals surface area contributed by atoms with E-state index in [1.54, 1.807) is 0 Å². The molecular weight excluding hydrogens is 264 g/mol. The lowest BCUT2D eigenvalue weighted by Gasteiger charge is -2.48. The summed E-state index contributed by atoms with van der Waals surface area (Å²) >= 11 is 0. The molecule has 0 bridgehead atoms. The van der Waals surface area contributed by atoms with Crippen molar-refractivity contribution in [2.75, 3.05) is 19.6 Å². The lowest BCUT2D eigenvalue weighted by Crippen LogP contribution is -2.58. The Balaban J connectivity index is 1.82. The van der Waals surface area contributed by atoms with Gasteiger partial charge in [-0.25, -0.2) is 4.79 Å². The Morgan fingerprint density at radius 1 is 1.29 bits per heavy atom. The van der Waals surface area contributed by atoms with Gasteiger partial charge in [-0.1, -0.05) is 44.2 Å². The number of likely N-dealkylation sites (tertiary alicyclic amines) is 1. The third-order valence-electron chi connectivity index (χ3n) is 4.73. The van der Waals surface area contributed by atoms with Gasteiger partial charge in [0.05, 0.1) is 5.60 Å². The molecule has 1 fully saturated rings. The Kier molecular flexibility index (Phi) is 4.57. The minimum atomic E-state index is -0.714. The van der Waals surface area contributed by atoms with Crippen LogP contribution in [0.25, 0.3) is 0 Å². The molecule has 2 rings (SSSR count). The number of nitrogens with one attached hydrogen (secondary N) is 1. The van der Waals surface area contributed by atoms with Crippen LogP contribution in [0.2, 0.25) is 0 Å². The van der Waals surface area contributed by atoms with Gasteiger partial charge in [0.25, 0.3) is 0 Å². The van der Waals surface area contributed by atoms with Gasteiger partial charge in [0.2, 0.25) is 0 Å². The number of aliphatic hydroxyl groups is 1. The molecule has 1 heterocycles. The summed E-state index contributed by atoms with van der Waals surface area (Å²) in [5.41, 5.74) is 0.218. The number of amides is 2. The minimum absolute atomic E-state index is 0.0329. The molecule has 2 amide bonds. The molecule has 4 heteroatoms. The molecule has 1 aliphatic heterocycles. The van der Waals surface area contributed by atoms with E-state index in [0.29, 0.717) is 26.1 Å². The fraction of sp³-hybridized carbons (Fsp3) is 0.588. The number of hydrogen-bond donors (Lipinski definition) is 2. The second-order valence-electron chi connectivity index (χ2n) is 6.80. The fourth-order valence-electron chi connectivity index (χ4n) is 2.66. The van der Waals surface area contributed by atoms with Crippen LogP contribution < -0.4 is 5.32 Å². The normalized spacial score (nSPS) is 24.7. The number of piperidine rings is 1. The molecule has 0 unspecified atom stereocenters. The highest BCUT2D eigenvalue weighted by Crippen LogP contribution is 2.37. The van der Waals surface area contributed by atoms with Crippen LogP contribution in [0.3, 0.4) is 0 Å². The molecular formula is C17H26N2O2. The van der Waals surface area contributed by atoms with Gasteiger partial charge in [0.1, 0.15) is 0 Å². The molecule has 1 aliphatic rings. The van der Waals surface area contributed by atoms with Crippen LogP contribution in [0, 0.1) is 5.41 Å². The van der Waals surface area contributed by atoms with E-state index in [-0.39, 0.29) is 11.4 Å². The zero-order valence-electron chi connectivity index (χ0n) is 13.2. The van der Waals surface area contributed by atoms with Crippen molar-refractivity contribution >= 4 is 6.03 Å². The van der Waals surface area contributed by atoms with Gasteiger partial charge in [-0.05, 0) is 25.3 Å². The summed E-state index contributed by atoms with van der Waals surface area (Å²) in [5.74, 6) is 0. The Morgan fingerprint density at radius 2 is 1.95 bits per heavy atom. The van der Waals surface area contributed by atoms with E-state index in [2.05, 4.69) is 17.4 Å². The van der Waals surface area contributed by atoms with Crippen LogP contribution in [0.4, 0.5) is 4.79 Å². The zero-order valence-corrected chi connectivity index (χ0v) is 13.2. The number of nitrogens with zero attached hydrogens (tertiary/aromatic N) is 1. The first kappa shape index (κ1) is 15.8. The average Bonchev–Trinajstić information content (AvgIpc) is 2.43. The highest BCUT2D eigenvalue weighted by Gasteiger charge is 2.45. The molecule has 1 aromatic rings. The van der Waals surface area contributed by atoms with Gasteiger partial charge in [0.15, 0.2) is 0 Å². The molecule has 0 spiro atoms. The van der Waals surface area contributed by atoms with Gasteiger partial charge >= 0.3 is 6.03 Å². The monoisotopic (exact) mass is 290 g/mol. The highest BCUT2D eigenvalue weighted by molar-refractivity contribution is 5.74. The summed E-state index contributed by atoms with van der Waals surface area (Å²) in [6, 6.07) is 10.1. The molecule has 2 N–H and O–H groups in total. The van der Waals surface area contributed by atoms with Crippen molar-refractivity contribution < 1.29 is 9.90 Å². The number of carbonyl (C=O) groups excluding carboxylic acids is 1. The number of carbonyl (C=O) groups is 1. The van der Waals surface area contributed by atoms with Crippen molar-refractivity contribution in [3.05, 3.63) is 35.9 Å². The first-order valence-electron chi connectivity index (χ1n) is 7.61. The van der Waals surface area contributed by atoms with E-state index in [1.807, 2.05) is 43.9 Å². The van der Waals surface area contributed by atoms with E-state index in [1.165, 1.54) is 5.56 Å². The van der Waals surface area contributed by atoms with Crippen LogP contribution in [-0.2, 0) is 6.42 Å². The van der Waals surface area contributed by atoms with E-state index in [9.17, 15) is 9.90 Å². The van der Waals surface area contributed by atoms with Gasteiger partial charge in [-0.15, -0.1) is 0 Å². The van der Waals surface area contributed by atoms with Crippen LogP contribution in [0.1, 0.15) is 32.8 Å². The second kappa shape index (κ2) is 6.06. The Bertz CT molecular complexity index is 483. The molecule has 4 nitrogen and oxygen atoms in total. The number of urea groups is 1. The van der Waals surface area contributed by atoms with E-state index in [0.717, 1.165) is 6.42 Å². The van der Waals surface area contributed by atoms with Crippen LogP contribution >= 0.6 is 0 Å². The number of rotatable bonds is 3. The van der Waals surface area contributed by atoms with Crippen LogP contribution in [-0.4, -0.2) is 41.3 Å². The van der Waals surface area contributed by atoms with Gasteiger partial charge in [-0.3, -0.25) is 0 Å². The quantitative estimate of drug-likeness (QED) is 0.898. The summed E-state index contributed by atoms with van der Waals surface area (Å²) in [6.07, 6.45) is 1.45. The van der Waals surface area contributed by atoms with Gasteiger partial charge < -0.3 is 15.3 Å². The second-order valence-corrected chi connectivity index (χ2v) is 6.80. The summed E-state index contributed by atoms with van der Waals surface area (Å²) in [7, 11) is 0. The molecule has 0 aliphatic carbocycles. The van der Waals surface area contributed by atoms with Gasteiger partial charge in [-0.2, -0.15) is 0 Å². The molecule has 0 radical (unpaired) electrons. The van der Waals surface area contributed by atoms with Gasteiger partial charge in [0, 0.05) is 25.0 Å². The molecule has 0 aromatic heterocycles. The Labute approximate surface area is 127 Å². The Hall–Kier alpha value is -1.55. The highest BCUT2D eigenvalue weighted by atomic mass is 16.3. The van der Waals surface area contributed by atoms with Crippen LogP contribution in [0.15, 0.2) is 30.3 Å². The summed E-state index contributed by atoms with van der Waals surface area (Å²) in [6.45, 7) is 7.70. The number of benzene rings is 1. The molecule has 1 aromatic carbocycles. The summed E-state index contributed by atoms with van der Waals surface area (Å²) in [4.78, 5) is 14.0. The fourth-order valence-corrected chi connectivity index (χ4v) is 2.66. The SMILES string of the molecule is CC1(C)CN(C(=O)NCCc2ccccc2)CC[C@]1(C)O. The number of hydrogen-bond acceptors (Lipinski definition) is 2. The lowest BCUT2D eigenvalue weighted by molar-refractivity contribution is -0.0954. The van der Waals surface area contributed by atoms with Crippen molar-refractivity contribution in [2.45, 2.75) is 39.2 Å². The smallest absolute Gasteiger partial charge is 0.317 e. The van der Waals surface area contributed by atoms with E-state index >= 15 is 0 Å². The molecule has 1 atom stereocenters. The average molecular weight is 290 g/mol. The maximum Gasteiger partial charge on any atom is 0.317 e. The van der Waals surface area contributed by atoms with Crippen molar-refractivity contribution in [1.29, 1.82) is 0 Å². The maximum absolute atomic E-state index is 12.2. The first-order valence-corrected chi connectivity index (χ1v) is 7.61. The third kappa shape index (κ3) is 3.76. The third-order valence-corrected chi connectivity index (χ3v) is 4.73. The Morgan fingerprint density at radius 3 is 2.57 bits per heavy atom. The maximum atomic E-state index is 12.2. The zero-order chi connectivity index (χ0) is 15.5. The van der Waals surface area contributed by atoms with Crippen molar-refractivity contribution in [2.24, 2.45) is 5.41 Å². The van der Waals surface area contributed by atoms with Crippen LogP contribution in [0.5, 0.6) is 0 Å². The molecule has 116 valence electrons. The largest absolute Gasteiger partial charge is 0.389 e. The minimum Gasteiger partial charge on any atom is -0.389 e. The molecule has 1 saturated heterocycles. The standard InChI is InChI=1S/C17H26N2O2/c1-16(2)13-19(12-10-17(16,3)21)15(20)18-11-9-14-7-5-4-6-8-14/h4-8,21H,9-13H2,1-3H3,(H,18,20)/t17-/m0/s1. The topological polar surface area (TPSA) is 52.6 Å².